The van der Waals surface area contributed by atoms with Crippen LogP contribution in [0.3, 0.4) is 0 Å². The fourth-order valence-corrected chi connectivity index (χ4v) is 4.01. The van der Waals surface area contributed by atoms with E-state index in [1.165, 1.54) is 6.07 Å². The summed E-state index contributed by atoms with van der Waals surface area (Å²) in [5.41, 5.74) is 0.659. The number of alkyl halides is 2. The Labute approximate surface area is 165 Å². The number of hydrogen-bond acceptors (Lipinski definition) is 6. The van der Waals surface area contributed by atoms with Crippen molar-refractivity contribution in [1.82, 2.24) is 20.9 Å². The summed E-state index contributed by atoms with van der Waals surface area (Å²) >= 11 is 0. The van der Waals surface area contributed by atoms with E-state index in [-0.39, 0.29) is 50.0 Å². The van der Waals surface area contributed by atoms with Gasteiger partial charge in [-0.2, -0.15) is 0 Å². The molecule has 2 fully saturated rings. The zero-order valence-corrected chi connectivity index (χ0v) is 15.5. The van der Waals surface area contributed by atoms with Crippen molar-refractivity contribution in [2.75, 3.05) is 13.1 Å². The highest BCUT2D eigenvalue weighted by molar-refractivity contribution is 6.24. The van der Waals surface area contributed by atoms with E-state index in [9.17, 15) is 28.0 Å². The maximum atomic E-state index is 14.1. The second kappa shape index (κ2) is 7.27. The maximum absolute atomic E-state index is 14.1. The minimum Gasteiger partial charge on any atom is -0.315 e. The molecular weight excluding hydrogens is 386 g/mol. The largest absolute Gasteiger partial charge is 0.315 e. The number of benzene rings is 1. The van der Waals surface area contributed by atoms with E-state index < -0.39 is 41.6 Å². The molecule has 10 heteroatoms. The van der Waals surface area contributed by atoms with Crippen molar-refractivity contribution < 1.29 is 28.0 Å². The van der Waals surface area contributed by atoms with Gasteiger partial charge in [0.15, 0.2) is 0 Å². The van der Waals surface area contributed by atoms with Gasteiger partial charge in [-0.1, -0.05) is 12.1 Å². The first-order valence-corrected chi connectivity index (χ1v) is 9.45. The van der Waals surface area contributed by atoms with Crippen LogP contribution in [0.4, 0.5) is 8.78 Å². The summed E-state index contributed by atoms with van der Waals surface area (Å²) in [7, 11) is 0. The summed E-state index contributed by atoms with van der Waals surface area (Å²) in [6.45, 7) is 0.310. The van der Waals surface area contributed by atoms with E-state index in [2.05, 4.69) is 16.0 Å². The summed E-state index contributed by atoms with van der Waals surface area (Å²) in [6, 6.07) is 2.49. The Hall–Kier alpha value is -2.72. The molecule has 0 saturated carbocycles. The van der Waals surface area contributed by atoms with Crippen LogP contribution < -0.4 is 16.0 Å². The van der Waals surface area contributed by atoms with Crippen LogP contribution in [0.25, 0.3) is 0 Å². The first kappa shape index (κ1) is 19.6. The van der Waals surface area contributed by atoms with E-state index in [1.807, 2.05) is 0 Å². The van der Waals surface area contributed by atoms with Crippen molar-refractivity contribution in [3.63, 3.8) is 0 Å². The molecule has 0 radical (unpaired) electrons. The number of nitrogens with zero attached hydrogens (tertiary/aromatic N) is 1. The molecule has 3 N–H and O–H groups in total. The standard InChI is InChI=1S/C19H20F2N4O4/c20-19(21)6-7-22-9-13(19)23-8-10-2-1-3-11-15(10)18(29)25(17(11)28)12-4-5-14(26)24-16(12)27/h1-3,12-13,22-23H,4-9H2,(H,24,26,27). The highest BCUT2D eigenvalue weighted by atomic mass is 19.3. The van der Waals surface area contributed by atoms with Gasteiger partial charge in [0.05, 0.1) is 17.2 Å². The Morgan fingerprint density at radius 3 is 2.69 bits per heavy atom. The smallest absolute Gasteiger partial charge is 0.265 e. The summed E-state index contributed by atoms with van der Waals surface area (Å²) < 4.78 is 28.1. The summed E-state index contributed by atoms with van der Waals surface area (Å²) in [5.74, 6) is -5.28. The molecule has 154 valence electrons. The van der Waals surface area contributed by atoms with Gasteiger partial charge < -0.3 is 10.6 Å². The second-order valence-corrected chi connectivity index (χ2v) is 7.44. The van der Waals surface area contributed by atoms with Gasteiger partial charge in [0, 0.05) is 32.5 Å². The number of imide groups is 2. The van der Waals surface area contributed by atoms with Crippen molar-refractivity contribution in [1.29, 1.82) is 0 Å². The van der Waals surface area contributed by atoms with Crippen LogP contribution >= 0.6 is 0 Å². The number of piperidine rings is 2. The van der Waals surface area contributed by atoms with Crippen molar-refractivity contribution in [3.8, 4) is 0 Å². The monoisotopic (exact) mass is 406 g/mol. The van der Waals surface area contributed by atoms with E-state index in [0.29, 0.717) is 5.56 Å². The third kappa shape index (κ3) is 3.42. The molecule has 8 nitrogen and oxygen atoms in total. The van der Waals surface area contributed by atoms with E-state index in [4.69, 9.17) is 0 Å². The third-order valence-corrected chi connectivity index (χ3v) is 5.59. The van der Waals surface area contributed by atoms with Gasteiger partial charge in [-0.15, -0.1) is 0 Å². The lowest BCUT2D eigenvalue weighted by molar-refractivity contribution is -0.136. The first-order valence-electron chi connectivity index (χ1n) is 9.45. The van der Waals surface area contributed by atoms with Crippen LogP contribution in [-0.2, 0) is 16.1 Å². The molecule has 0 bridgehead atoms. The summed E-state index contributed by atoms with van der Waals surface area (Å²) in [6.07, 6.45) is -0.191. The number of halogens is 2. The number of nitrogens with one attached hydrogen (secondary N) is 3. The van der Waals surface area contributed by atoms with E-state index >= 15 is 0 Å². The fraction of sp³-hybridized carbons (Fsp3) is 0.474. The van der Waals surface area contributed by atoms with Crippen LogP contribution in [0.1, 0.15) is 45.5 Å². The third-order valence-electron chi connectivity index (χ3n) is 5.59. The fourth-order valence-electron chi connectivity index (χ4n) is 4.01. The normalized spacial score (nSPS) is 26.5. The summed E-state index contributed by atoms with van der Waals surface area (Å²) in [4.78, 5) is 50.1. The molecule has 0 spiro atoms. The number of fused-ring (bicyclic) bond motifs is 1. The van der Waals surface area contributed by atoms with E-state index in [1.54, 1.807) is 12.1 Å². The zero-order chi connectivity index (χ0) is 20.8. The lowest BCUT2D eigenvalue weighted by Gasteiger charge is -2.32. The molecule has 2 atom stereocenters. The van der Waals surface area contributed by atoms with Crippen molar-refractivity contribution in [3.05, 3.63) is 34.9 Å². The Morgan fingerprint density at radius 2 is 1.97 bits per heavy atom. The molecule has 4 amide bonds. The topological polar surface area (TPSA) is 108 Å². The molecule has 0 aliphatic carbocycles. The number of rotatable bonds is 4. The van der Waals surface area contributed by atoms with Gasteiger partial charge in [0.25, 0.3) is 17.7 Å². The summed E-state index contributed by atoms with van der Waals surface area (Å²) in [5, 5.41) is 7.83. The SMILES string of the molecule is O=C1CCC(N2C(=O)c3cccc(CNC4CNCCC4(F)F)c3C2=O)C(=O)N1. The molecule has 2 unspecified atom stereocenters. The van der Waals surface area contributed by atoms with Crippen LogP contribution in [0.5, 0.6) is 0 Å². The van der Waals surface area contributed by atoms with Gasteiger partial charge in [-0.3, -0.25) is 29.4 Å². The van der Waals surface area contributed by atoms with Crippen LogP contribution in [-0.4, -0.2) is 59.6 Å². The minimum absolute atomic E-state index is 0.0205. The molecule has 29 heavy (non-hydrogen) atoms. The molecule has 3 aliphatic heterocycles. The zero-order valence-electron chi connectivity index (χ0n) is 15.5. The quantitative estimate of drug-likeness (QED) is 0.616. The van der Waals surface area contributed by atoms with Gasteiger partial charge in [0.1, 0.15) is 6.04 Å². The highest BCUT2D eigenvalue weighted by Gasteiger charge is 2.46. The Morgan fingerprint density at radius 1 is 1.17 bits per heavy atom. The number of carbonyl (C=O) groups is 4. The number of amides is 4. The predicted molar refractivity (Wildman–Crippen MR) is 96.2 cm³/mol. The van der Waals surface area contributed by atoms with Crippen molar-refractivity contribution in [2.24, 2.45) is 0 Å². The molecule has 1 aromatic rings. The molecular formula is C19H20F2N4O4. The molecule has 0 aromatic heterocycles. The van der Waals surface area contributed by atoms with Crippen LogP contribution in [0, 0.1) is 0 Å². The average Bonchev–Trinajstić information content (AvgIpc) is 2.92. The lowest BCUT2D eigenvalue weighted by atomic mass is 10.00. The Balaban J connectivity index is 1.56. The molecule has 1 aromatic carbocycles. The average molecular weight is 406 g/mol. The van der Waals surface area contributed by atoms with E-state index in [0.717, 1.165) is 4.90 Å². The van der Waals surface area contributed by atoms with Gasteiger partial charge in [0.2, 0.25) is 11.8 Å². The van der Waals surface area contributed by atoms with Gasteiger partial charge >= 0.3 is 0 Å². The van der Waals surface area contributed by atoms with Crippen molar-refractivity contribution >= 4 is 23.6 Å². The predicted octanol–water partition coefficient (Wildman–Crippen LogP) is 0.175. The van der Waals surface area contributed by atoms with Crippen LogP contribution in [0.15, 0.2) is 18.2 Å². The first-order chi connectivity index (χ1) is 13.8. The maximum Gasteiger partial charge on any atom is 0.265 e. The minimum atomic E-state index is -2.87. The number of carbonyl (C=O) groups excluding carboxylic acids is 4. The molecule has 2 saturated heterocycles. The Bertz CT molecular complexity index is 904. The number of hydrogen-bond donors (Lipinski definition) is 3. The van der Waals surface area contributed by atoms with Gasteiger partial charge in [-0.05, 0) is 18.1 Å². The van der Waals surface area contributed by atoms with Crippen LogP contribution in [0.2, 0.25) is 0 Å². The second-order valence-electron chi connectivity index (χ2n) is 7.44. The molecule has 3 heterocycles. The molecule has 3 aliphatic rings. The highest BCUT2D eigenvalue weighted by Crippen LogP contribution is 2.31. The molecule has 4 rings (SSSR count). The Kier molecular flexibility index (Phi) is 4.91. The lowest BCUT2D eigenvalue weighted by Crippen LogP contribution is -2.55. The van der Waals surface area contributed by atoms with Crippen molar-refractivity contribution in [2.45, 2.75) is 43.8 Å². The van der Waals surface area contributed by atoms with Gasteiger partial charge in [-0.25, -0.2) is 8.78 Å².